The highest BCUT2D eigenvalue weighted by atomic mass is 32.1. The van der Waals surface area contributed by atoms with Crippen LogP contribution in [0.25, 0.3) is 16.6 Å². The molecule has 2 aliphatic heterocycles. The van der Waals surface area contributed by atoms with E-state index in [4.69, 9.17) is 14.5 Å². The van der Waals surface area contributed by atoms with Crippen molar-refractivity contribution in [2.75, 3.05) is 19.7 Å². The molecule has 2 aromatic carbocycles. The number of thiazole rings is 1. The van der Waals surface area contributed by atoms with Gasteiger partial charge in [-0.3, -0.25) is 4.90 Å². The Morgan fingerprint density at radius 1 is 1.21 bits per heavy atom. The van der Waals surface area contributed by atoms with Crippen LogP contribution in [0.1, 0.15) is 40.3 Å². The zero-order valence-corrected chi connectivity index (χ0v) is 21.8. The number of hydrogen-bond acceptors (Lipinski definition) is 7. The summed E-state index contributed by atoms with van der Waals surface area (Å²) in [5, 5.41) is 11.8. The first-order valence-corrected chi connectivity index (χ1v) is 13.6. The molecule has 2 aromatic heterocycles. The lowest BCUT2D eigenvalue weighted by Crippen LogP contribution is -2.33. The summed E-state index contributed by atoms with van der Waals surface area (Å²) in [6, 6.07) is 8.46. The number of halogens is 2. The molecule has 0 radical (unpaired) electrons. The molecule has 1 saturated heterocycles. The molecule has 0 aliphatic carbocycles. The van der Waals surface area contributed by atoms with Gasteiger partial charge in [0.1, 0.15) is 24.1 Å². The summed E-state index contributed by atoms with van der Waals surface area (Å²) in [5.41, 5.74) is 4.05. The number of benzene rings is 2. The number of nitrogens with zero attached hydrogens (tertiary/aromatic N) is 4. The zero-order valence-electron chi connectivity index (χ0n) is 21.0. The molecular weight excluding hydrogens is 526 g/mol. The maximum Gasteiger partial charge on any atom is 0.335 e. The topological polar surface area (TPSA) is 89.7 Å². The van der Waals surface area contributed by atoms with Crippen LogP contribution in [0.15, 0.2) is 47.9 Å². The Kier molecular flexibility index (Phi) is 7.11. The highest BCUT2D eigenvalue weighted by Crippen LogP contribution is 2.29. The Labute approximate surface area is 227 Å². The summed E-state index contributed by atoms with van der Waals surface area (Å²) in [7, 11) is 0. The highest BCUT2D eigenvalue weighted by Gasteiger charge is 2.24. The zero-order chi connectivity index (χ0) is 26.9. The van der Waals surface area contributed by atoms with E-state index < -0.39 is 17.6 Å². The number of imidazole rings is 1. The standard InChI is InChI=1S/C28H26F2N4O4S/c29-20-3-1-19(22(30)12-20)15-38-28-32-24(16-39-28)17-5-8-33(9-6-17)14-26-31-23-4-2-18(27(35)36)11-25(23)34(26)13-21-7-10-37-21/h1-5,11-12,16,21H,6-10,13-15H2,(H,35,36)/t21-/m0/s1. The summed E-state index contributed by atoms with van der Waals surface area (Å²) in [6.07, 6.45) is 4.03. The number of aromatic carboxylic acids is 1. The highest BCUT2D eigenvalue weighted by molar-refractivity contribution is 7.11. The molecule has 39 heavy (non-hydrogen) atoms. The maximum atomic E-state index is 13.9. The fourth-order valence-electron chi connectivity index (χ4n) is 4.80. The number of aromatic nitrogens is 3. The average Bonchev–Trinajstić information content (AvgIpc) is 3.50. The molecule has 1 fully saturated rings. The first-order valence-electron chi connectivity index (χ1n) is 12.7. The fraction of sp³-hybridized carbons (Fsp3) is 0.321. The van der Waals surface area contributed by atoms with Crippen molar-refractivity contribution in [1.82, 2.24) is 19.4 Å². The lowest BCUT2D eigenvalue weighted by Gasteiger charge is -2.29. The van der Waals surface area contributed by atoms with E-state index in [1.54, 1.807) is 18.2 Å². The van der Waals surface area contributed by atoms with E-state index in [0.717, 1.165) is 60.2 Å². The van der Waals surface area contributed by atoms with Crippen molar-refractivity contribution in [1.29, 1.82) is 0 Å². The maximum absolute atomic E-state index is 13.9. The Bertz CT molecular complexity index is 1560. The molecular formula is C28H26F2N4O4S. The van der Waals surface area contributed by atoms with Crippen LogP contribution in [0.5, 0.6) is 5.19 Å². The van der Waals surface area contributed by atoms with Crippen molar-refractivity contribution in [3.8, 4) is 5.19 Å². The Morgan fingerprint density at radius 3 is 2.79 bits per heavy atom. The van der Waals surface area contributed by atoms with Gasteiger partial charge >= 0.3 is 5.97 Å². The summed E-state index contributed by atoms with van der Waals surface area (Å²) >= 11 is 1.34. The van der Waals surface area contributed by atoms with Gasteiger partial charge in [0.15, 0.2) is 0 Å². The predicted octanol–water partition coefficient (Wildman–Crippen LogP) is 5.13. The number of carboxylic acid groups (broad SMARTS) is 1. The van der Waals surface area contributed by atoms with Gasteiger partial charge in [0.05, 0.1) is 41.5 Å². The Balaban J connectivity index is 1.13. The second kappa shape index (κ2) is 10.8. The second-order valence-corrected chi connectivity index (χ2v) is 10.5. The van der Waals surface area contributed by atoms with Crippen molar-refractivity contribution in [3.63, 3.8) is 0 Å². The third kappa shape index (κ3) is 5.56. The van der Waals surface area contributed by atoms with Crippen LogP contribution in [-0.2, 0) is 24.4 Å². The third-order valence-corrected chi connectivity index (χ3v) is 7.84. The number of hydrogen-bond donors (Lipinski definition) is 1. The predicted molar refractivity (Wildman–Crippen MR) is 142 cm³/mol. The molecule has 0 bridgehead atoms. The van der Waals surface area contributed by atoms with Gasteiger partial charge in [-0.05, 0) is 48.7 Å². The van der Waals surface area contributed by atoms with Crippen LogP contribution in [0, 0.1) is 11.6 Å². The molecule has 4 heterocycles. The fourth-order valence-corrected chi connectivity index (χ4v) is 5.49. The van der Waals surface area contributed by atoms with Crippen LogP contribution in [0.2, 0.25) is 0 Å². The van der Waals surface area contributed by atoms with Crippen molar-refractivity contribution in [2.45, 2.75) is 38.6 Å². The van der Waals surface area contributed by atoms with Gasteiger partial charge < -0.3 is 19.1 Å². The molecule has 8 nitrogen and oxygen atoms in total. The number of carboxylic acids is 1. The molecule has 202 valence electrons. The van der Waals surface area contributed by atoms with Crippen LogP contribution in [0.3, 0.4) is 0 Å². The first-order chi connectivity index (χ1) is 18.9. The Morgan fingerprint density at radius 2 is 2.08 bits per heavy atom. The second-order valence-electron chi connectivity index (χ2n) is 9.67. The van der Waals surface area contributed by atoms with Crippen molar-refractivity contribution >= 4 is 33.9 Å². The largest absolute Gasteiger partial charge is 0.478 e. The average molecular weight is 553 g/mol. The van der Waals surface area contributed by atoms with Gasteiger partial charge in [0.25, 0.3) is 5.19 Å². The van der Waals surface area contributed by atoms with Crippen molar-refractivity contribution in [2.24, 2.45) is 0 Å². The van der Waals surface area contributed by atoms with E-state index in [0.29, 0.717) is 24.8 Å². The first kappa shape index (κ1) is 25.6. The lowest BCUT2D eigenvalue weighted by molar-refractivity contribution is -0.0591. The van der Waals surface area contributed by atoms with Gasteiger partial charge in [-0.1, -0.05) is 17.4 Å². The van der Waals surface area contributed by atoms with Gasteiger partial charge in [-0.15, -0.1) is 0 Å². The minimum absolute atomic E-state index is 0.0211. The molecule has 6 rings (SSSR count). The smallest absolute Gasteiger partial charge is 0.335 e. The normalized spacial score (nSPS) is 17.7. The monoisotopic (exact) mass is 552 g/mol. The van der Waals surface area contributed by atoms with Crippen LogP contribution in [0.4, 0.5) is 8.78 Å². The van der Waals surface area contributed by atoms with E-state index in [-0.39, 0.29) is 23.8 Å². The summed E-state index contributed by atoms with van der Waals surface area (Å²) in [6.45, 7) is 3.53. The third-order valence-electron chi connectivity index (χ3n) is 7.09. The van der Waals surface area contributed by atoms with Crippen molar-refractivity contribution in [3.05, 3.63) is 82.1 Å². The minimum Gasteiger partial charge on any atom is -0.478 e. The molecule has 1 N–H and O–H groups in total. The molecule has 4 aromatic rings. The molecule has 2 aliphatic rings. The van der Waals surface area contributed by atoms with Gasteiger partial charge in [0.2, 0.25) is 0 Å². The van der Waals surface area contributed by atoms with Gasteiger partial charge in [-0.2, -0.15) is 0 Å². The molecule has 0 amide bonds. The number of ether oxygens (including phenoxy) is 2. The van der Waals surface area contributed by atoms with E-state index in [9.17, 15) is 18.7 Å². The van der Waals surface area contributed by atoms with Gasteiger partial charge in [-0.25, -0.2) is 23.5 Å². The summed E-state index contributed by atoms with van der Waals surface area (Å²) in [5.74, 6) is -1.34. The van der Waals surface area contributed by atoms with Crippen LogP contribution in [-0.4, -0.2) is 56.3 Å². The molecule has 1 atom stereocenters. The van der Waals surface area contributed by atoms with Gasteiger partial charge in [0, 0.05) is 36.7 Å². The number of carbonyl (C=O) groups is 1. The quantitative estimate of drug-likeness (QED) is 0.308. The summed E-state index contributed by atoms with van der Waals surface area (Å²) in [4.78, 5) is 23.2. The molecule has 0 saturated carbocycles. The minimum atomic E-state index is -0.960. The van der Waals surface area contributed by atoms with E-state index in [1.165, 1.54) is 23.5 Å². The number of fused-ring (bicyclic) bond motifs is 1. The van der Waals surface area contributed by atoms with Crippen molar-refractivity contribution < 1.29 is 28.2 Å². The molecule has 11 heteroatoms. The van der Waals surface area contributed by atoms with E-state index in [1.807, 2.05) is 5.38 Å². The molecule has 0 unspecified atom stereocenters. The SMILES string of the molecule is O=C(O)c1ccc2nc(CN3CC=C(c4csc(OCc5ccc(F)cc5F)n4)CC3)n(C[C@@H]3CCO3)c2c1. The van der Waals surface area contributed by atoms with Crippen LogP contribution >= 0.6 is 11.3 Å². The van der Waals surface area contributed by atoms with E-state index >= 15 is 0 Å². The lowest BCUT2D eigenvalue weighted by atomic mass is 10.1. The molecule has 0 spiro atoms. The Hall–Kier alpha value is -3.67. The van der Waals surface area contributed by atoms with E-state index in [2.05, 4.69) is 20.5 Å². The van der Waals surface area contributed by atoms with Crippen LogP contribution < -0.4 is 4.74 Å². The number of rotatable bonds is 9. The summed E-state index contributed by atoms with van der Waals surface area (Å²) < 4.78 is 40.4.